The van der Waals surface area contributed by atoms with Crippen LogP contribution in [0, 0.1) is 0 Å². The summed E-state index contributed by atoms with van der Waals surface area (Å²) in [6.07, 6.45) is -0.780. The van der Waals surface area contributed by atoms with Crippen LogP contribution >= 0.6 is 11.8 Å². The highest BCUT2D eigenvalue weighted by molar-refractivity contribution is 7.99. The fraction of sp³-hybridized carbons (Fsp3) is 0.750. The smallest absolute Gasteiger partial charge is 0.330 e. The van der Waals surface area contributed by atoms with Crippen LogP contribution in [0.2, 0.25) is 0 Å². The SMILES string of the molecule is CC(=O)NC(CSC(C)C)C(=O)OC(C)C(C)=O. The van der Waals surface area contributed by atoms with Gasteiger partial charge in [-0.25, -0.2) is 4.79 Å². The number of carbonyl (C=O) groups excluding carboxylic acids is 3. The molecule has 0 spiro atoms. The number of hydrogen-bond acceptors (Lipinski definition) is 5. The Kier molecular flexibility index (Phi) is 7.66. The van der Waals surface area contributed by atoms with Crippen molar-refractivity contribution in [3.63, 3.8) is 0 Å². The first-order chi connectivity index (χ1) is 8.23. The third-order valence-corrected chi connectivity index (χ3v) is 3.32. The van der Waals surface area contributed by atoms with Gasteiger partial charge in [0.05, 0.1) is 0 Å². The number of rotatable bonds is 7. The molecule has 5 nitrogen and oxygen atoms in total. The summed E-state index contributed by atoms with van der Waals surface area (Å²) in [5.74, 6) is -0.653. The van der Waals surface area contributed by atoms with E-state index in [1.54, 1.807) is 11.8 Å². The Balaban J connectivity index is 4.48. The average Bonchev–Trinajstić information content (AvgIpc) is 2.22. The lowest BCUT2D eigenvalue weighted by Crippen LogP contribution is -2.44. The normalized spacial score (nSPS) is 13.9. The van der Waals surface area contributed by atoms with E-state index in [9.17, 15) is 14.4 Å². The lowest BCUT2D eigenvalue weighted by atomic mass is 10.3. The van der Waals surface area contributed by atoms with E-state index in [0.29, 0.717) is 11.0 Å². The van der Waals surface area contributed by atoms with Gasteiger partial charge in [0.1, 0.15) is 6.04 Å². The summed E-state index contributed by atoms with van der Waals surface area (Å²) in [7, 11) is 0. The lowest BCUT2D eigenvalue weighted by Gasteiger charge is -2.19. The standard InChI is InChI=1S/C12H21NO4S/c1-7(2)18-6-11(13-10(5)15)12(16)17-9(4)8(3)14/h7,9,11H,6H2,1-5H3,(H,13,15). The number of Topliss-reactive ketones (excluding diaryl/α,β-unsaturated/α-hetero) is 1. The van der Waals surface area contributed by atoms with Gasteiger partial charge < -0.3 is 10.1 Å². The molecule has 2 atom stereocenters. The molecule has 0 aromatic heterocycles. The Morgan fingerprint density at radius 3 is 2.11 bits per heavy atom. The van der Waals surface area contributed by atoms with Crippen molar-refractivity contribution in [1.29, 1.82) is 0 Å². The highest BCUT2D eigenvalue weighted by Gasteiger charge is 2.24. The first-order valence-electron chi connectivity index (χ1n) is 5.83. The van der Waals surface area contributed by atoms with E-state index in [2.05, 4.69) is 5.32 Å². The second kappa shape index (κ2) is 8.13. The lowest BCUT2D eigenvalue weighted by molar-refractivity contribution is -0.155. The van der Waals surface area contributed by atoms with Crippen molar-refractivity contribution in [3.8, 4) is 0 Å². The van der Waals surface area contributed by atoms with Gasteiger partial charge in [-0.1, -0.05) is 13.8 Å². The number of hydrogen-bond donors (Lipinski definition) is 1. The molecule has 0 radical (unpaired) electrons. The molecule has 0 saturated carbocycles. The maximum atomic E-state index is 11.8. The summed E-state index contributed by atoms with van der Waals surface area (Å²) in [4.78, 5) is 33.9. The van der Waals surface area contributed by atoms with Crippen LogP contribution in [0.5, 0.6) is 0 Å². The first kappa shape index (κ1) is 17.0. The topological polar surface area (TPSA) is 72.5 Å². The van der Waals surface area contributed by atoms with Crippen molar-refractivity contribution in [1.82, 2.24) is 5.32 Å². The molecule has 2 unspecified atom stereocenters. The monoisotopic (exact) mass is 275 g/mol. The summed E-state index contributed by atoms with van der Waals surface area (Å²) in [5.41, 5.74) is 0. The van der Waals surface area contributed by atoms with Gasteiger partial charge in [0, 0.05) is 12.7 Å². The van der Waals surface area contributed by atoms with E-state index in [1.807, 2.05) is 13.8 Å². The molecule has 0 aliphatic carbocycles. The van der Waals surface area contributed by atoms with Gasteiger partial charge in [0.15, 0.2) is 11.9 Å². The molecule has 0 heterocycles. The molecule has 18 heavy (non-hydrogen) atoms. The zero-order chi connectivity index (χ0) is 14.3. The molecule has 0 aliphatic heterocycles. The summed E-state index contributed by atoms with van der Waals surface area (Å²) >= 11 is 1.54. The molecule has 0 bridgehead atoms. The van der Waals surface area contributed by atoms with Gasteiger partial charge in [-0.15, -0.1) is 0 Å². The van der Waals surface area contributed by atoms with Gasteiger partial charge in [-0.3, -0.25) is 9.59 Å². The largest absolute Gasteiger partial charge is 0.453 e. The zero-order valence-corrected chi connectivity index (χ0v) is 12.3. The molecule has 0 rings (SSSR count). The molecule has 0 fully saturated rings. The Morgan fingerprint density at radius 1 is 1.17 bits per heavy atom. The highest BCUT2D eigenvalue weighted by Crippen LogP contribution is 2.12. The number of ketones is 1. The molecular weight excluding hydrogens is 254 g/mol. The van der Waals surface area contributed by atoms with Crippen LogP contribution in [0.15, 0.2) is 0 Å². The quantitative estimate of drug-likeness (QED) is 0.706. The fourth-order valence-electron chi connectivity index (χ4n) is 1.04. The molecule has 0 aliphatic rings. The minimum atomic E-state index is -0.780. The molecule has 0 saturated heterocycles. The number of nitrogens with one attached hydrogen (secondary N) is 1. The predicted molar refractivity (Wildman–Crippen MR) is 71.4 cm³/mol. The van der Waals surface area contributed by atoms with Gasteiger partial charge in [0.25, 0.3) is 0 Å². The second-order valence-corrected chi connectivity index (χ2v) is 5.93. The van der Waals surface area contributed by atoms with Crippen LogP contribution < -0.4 is 5.32 Å². The molecule has 1 N–H and O–H groups in total. The predicted octanol–water partition coefficient (Wildman–Crippen LogP) is 1.15. The van der Waals surface area contributed by atoms with E-state index < -0.39 is 18.1 Å². The van der Waals surface area contributed by atoms with Crippen LogP contribution in [-0.4, -0.2) is 40.8 Å². The minimum absolute atomic E-state index is 0.221. The molecule has 6 heteroatoms. The van der Waals surface area contributed by atoms with Crippen molar-refractivity contribution < 1.29 is 19.1 Å². The molecular formula is C12H21NO4S. The van der Waals surface area contributed by atoms with Crippen LogP contribution in [-0.2, 0) is 19.1 Å². The third-order valence-electron chi connectivity index (χ3n) is 2.12. The maximum Gasteiger partial charge on any atom is 0.330 e. The summed E-state index contributed by atoms with van der Waals surface area (Å²) in [5, 5.41) is 2.88. The number of thioether (sulfide) groups is 1. The van der Waals surface area contributed by atoms with Crippen molar-refractivity contribution >= 4 is 29.4 Å². The summed E-state index contributed by atoms with van der Waals surface area (Å²) < 4.78 is 4.99. The molecule has 0 aromatic carbocycles. The van der Waals surface area contributed by atoms with Crippen LogP contribution in [0.4, 0.5) is 0 Å². The highest BCUT2D eigenvalue weighted by atomic mass is 32.2. The number of esters is 1. The Hall–Kier alpha value is -1.04. The Morgan fingerprint density at radius 2 is 1.72 bits per heavy atom. The van der Waals surface area contributed by atoms with E-state index in [4.69, 9.17) is 4.74 Å². The summed E-state index contributed by atoms with van der Waals surface area (Å²) in [6.45, 7) is 8.21. The second-order valence-electron chi connectivity index (χ2n) is 4.32. The Labute approximate surface area is 112 Å². The van der Waals surface area contributed by atoms with Gasteiger partial charge in [-0.2, -0.15) is 11.8 Å². The van der Waals surface area contributed by atoms with Crippen molar-refractivity contribution in [2.45, 2.75) is 52.0 Å². The molecule has 104 valence electrons. The molecule has 1 amide bonds. The van der Waals surface area contributed by atoms with Gasteiger partial charge in [0.2, 0.25) is 5.91 Å². The average molecular weight is 275 g/mol. The first-order valence-corrected chi connectivity index (χ1v) is 6.88. The molecule has 0 aromatic rings. The fourth-order valence-corrected chi connectivity index (χ4v) is 1.84. The van der Waals surface area contributed by atoms with Crippen molar-refractivity contribution in [2.75, 3.05) is 5.75 Å². The van der Waals surface area contributed by atoms with E-state index in [-0.39, 0.29) is 11.7 Å². The minimum Gasteiger partial charge on any atom is -0.453 e. The van der Waals surface area contributed by atoms with Gasteiger partial charge in [-0.05, 0) is 19.1 Å². The van der Waals surface area contributed by atoms with Gasteiger partial charge >= 0.3 is 5.97 Å². The van der Waals surface area contributed by atoms with Crippen LogP contribution in [0.25, 0.3) is 0 Å². The van der Waals surface area contributed by atoms with Crippen LogP contribution in [0.1, 0.15) is 34.6 Å². The Bertz CT molecular complexity index is 317. The van der Waals surface area contributed by atoms with Crippen LogP contribution in [0.3, 0.4) is 0 Å². The third kappa shape index (κ3) is 7.32. The van der Waals surface area contributed by atoms with E-state index in [0.717, 1.165) is 0 Å². The van der Waals surface area contributed by atoms with Crippen molar-refractivity contribution in [3.05, 3.63) is 0 Å². The van der Waals surface area contributed by atoms with E-state index in [1.165, 1.54) is 20.8 Å². The number of carbonyl (C=O) groups is 3. The summed E-state index contributed by atoms with van der Waals surface area (Å²) in [6, 6.07) is -0.711. The maximum absolute atomic E-state index is 11.8. The zero-order valence-electron chi connectivity index (χ0n) is 11.5. The number of ether oxygens (including phenoxy) is 1. The van der Waals surface area contributed by atoms with Crippen molar-refractivity contribution in [2.24, 2.45) is 0 Å². The number of amides is 1. The van der Waals surface area contributed by atoms with E-state index >= 15 is 0 Å².